The first-order valence-electron chi connectivity index (χ1n) is 10.4. The van der Waals surface area contributed by atoms with Crippen LogP contribution in [0.2, 0.25) is 0 Å². The lowest BCUT2D eigenvalue weighted by molar-refractivity contribution is 0.0893. The number of carbonyl (C=O) groups excluding carboxylic acids is 1. The van der Waals surface area contributed by atoms with Gasteiger partial charge < -0.3 is 10.1 Å². The van der Waals surface area contributed by atoms with Crippen LogP contribution in [0.4, 0.5) is 0 Å². The molecule has 5 rings (SSSR count). The molecule has 0 spiro atoms. The van der Waals surface area contributed by atoms with Gasteiger partial charge in [-0.15, -0.1) is 0 Å². The van der Waals surface area contributed by atoms with Crippen LogP contribution in [0, 0.1) is 0 Å². The molecule has 29 heavy (non-hydrogen) atoms. The first-order chi connectivity index (χ1) is 14.2. The molecule has 148 valence electrons. The molecular formula is C23H24N4O2. The Morgan fingerprint density at radius 1 is 0.966 bits per heavy atom. The highest BCUT2D eigenvalue weighted by molar-refractivity contribution is 5.93. The number of carbonyl (C=O) groups is 1. The van der Waals surface area contributed by atoms with Gasteiger partial charge in [-0.05, 0) is 62.8 Å². The number of rotatable bonds is 5. The van der Waals surface area contributed by atoms with Gasteiger partial charge in [-0.2, -0.15) is 0 Å². The van der Waals surface area contributed by atoms with Gasteiger partial charge in [-0.3, -0.25) is 9.78 Å². The first-order valence-corrected chi connectivity index (χ1v) is 10.4. The van der Waals surface area contributed by atoms with Crippen molar-refractivity contribution in [2.24, 2.45) is 0 Å². The summed E-state index contributed by atoms with van der Waals surface area (Å²) in [6.45, 7) is 0. The number of pyridine rings is 1. The number of amides is 1. The SMILES string of the molecule is O=C(NC1CCC(Oc2ccc3ncccc3c2)CC1)c1cnc(C2CC2)nc1. The van der Waals surface area contributed by atoms with Gasteiger partial charge in [0.25, 0.3) is 5.91 Å². The van der Waals surface area contributed by atoms with E-state index in [0.717, 1.165) is 61.0 Å². The summed E-state index contributed by atoms with van der Waals surface area (Å²) in [7, 11) is 0. The Kier molecular flexibility index (Phi) is 4.84. The Hall–Kier alpha value is -3.02. The van der Waals surface area contributed by atoms with Gasteiger partial charge in [0.2, 0.25) is 0 Å². The van der Waals surface area contributed by atoms with E-state index in [1.54, 1.807) is 18.6 Å². The molecule has 2 aliphatic carbocycles. The summed E-state index contributed by atoms with van der Waals surface area (Å²) in [5.41, 5.74) is 1.51. The summed E-state index contributed by atoms with van der Waals surface area (Å²) in [5, 5.41) is 4.21. The fourth-order valence-corrected chi connectivity index (χ4v) is 3.92. The molecule has 1 aromatic carbocycles. The minimum Gasteiger partial charge on any atom is -0.490 e. The van der Waals surface area contributed by atoms with Crippen molar-refractivity contribution in [2.45, 2.75) is 56.6 Å². The van der Waals surface area contributed by atoms with E-state index in [0.29, 0.717) is 11.5 Å². The van der Waals surface area contributed by atoms with E-state index in [9.17, 15) is 4.79 Å². The van der Waals surface area contributed by atoms with E-state index >= 15 is 0 Å². The smallest absolute Gasteiger partial charge is 0.254 e. The number of nitrogens with one attached hydrogen (secondary N) is 1. The molecule has 3 aromatic rings. The number of aromatic nitrogens is 3. The number of nitrogens with zero attached hydrogens (tertiary/aromatic N) is 3. The molecule has 6 nitrogen and oxygen atoms in total. The lowest BCUT2D eigenvalue weighted by Crippen LogP contribution is -2.39. The molecular weight excluding hydrogens is 364 g/mol. The highest BCUT2D eigenvalue weighted by Gasteiger charge is 2.27. The average Bonchev–Trinajstić information content (AvgIpc) is 3.61. The van der Waals surface area contributed by atoms with Crippen LogP contribution in [0.5, 0.6) is 5.75 Å². The fourth-order valence-electron chi connectivity index (χ4n) is 3.92. The third kappa shape index (κ3) is 4.21. The molecule has 2 aromatic heterocycles. The van der Waals surface area contributed by atoms with E-state index in [1.807, 2.05) is 30.3 Å². The molecule has 1 N–H and O–H groups in total. The van der Waals surface area contributed by atoms with Crippen molar-refractivity contribution in [3.8, 4) is 5.75 Å². The quantitative estimate of drug-likeness (QED) is 0.714. The van der Waals surface area contributed by atoms with Crippen molar-refractivity contribution < 1.29 is 9.53 Å². The molecule has 1 amide bonds. The highest BCUT2D eigenvalue weighted by atomic mass is 16.5. The maximum atomic E-state index is 12.5. The Labute approximate surface area is 169 Å². The molecule has 2 fully saturated rings. The highest BCUT2D eigenvalue weighted by Crippen LogP contribution is 2.37. The van der Waals surface area contributed by atoms with Crippen molar-refractivity contribution in [2.75, 3.05) is 0 Å². The Morgan fingerprint density at radius 3 is 2.52 bits per heavy atom. The molecule has 0 atom stereocenters. The van der Waals surface area contributed by atoms with Crippen LogP contribution in [0.15, 0.2) is 48.9 Å². The van der Waals surface area contributed by atoms with Crippen molar-refractivity contribution in [3.63, 3.8) is 0 Å². The van der Waals surface area contributed by atoms with Crippen LogP contribution >= 0.6 is 0 Å². The predicted octanol–water partition coefficient (Wildman–Crippen LogP) is 4.02. The molecule has 0 unspecified atom stereocenters. The maximum absolute atomic E-state index is 12.5. The minimum atomic E-state index is -0.0845. The summed E-state index contributed by atoms with van der Waals surface area (Å²) in [6.07, 6.45) is 11.3. The van der Waals surface area contributed by atoms with E-state index in [4.69, 9.17) is 4.74 Å². The van der Waals surface area contributed by atoms with E-state index < -0.39 is 0 Å². The molecule has 2 aliphatic rings. The van der Waals surface area contributed by atoms with Gasteiger partial charge in [-0.1, -0.05) is 6.07 Å². The van der Waals surface area contributed by atoms with Crippen LogP contribution in [0.1, 0.15) is 60.6 Å². The predicted molar refractivity (Wildman–Crippen MR) is 110 cm³/mol. The van der Waals surface area contributed by atoms with E-state index in [1.165, 1.54) is 0 Å². The van der Waals surface area contributed by atoms with Gasteiger partial charge in [0.05, 0.1) is 17.2 Å². The van der Waals surface area contributed by atoms with Gasteiger partial charge >= 0.3 is 0 Å². The monoisotopic (exact) mass is 388 g/mol. The zero-order valence-corrected chi connectivity index (χ0v) is 16.3. The summed E-state index contributed by atoms with van der Waals surface area (Å²) in [5.74, 6) is 2.16. The molecule has 0 bridgehead atoms. The van der Waals surface area contributed by atoms with Gasteiger partial charge in [0.1, 0.15) is 11.6 Å². The standard InChI is InChI=1S/C23H24N4O2/c28-23(17-13-25-22(26-14-17)15-3-4-15)27-18-5-7-19(8-6-18)29-20-9-10-21-16(12-20)2-1-11-24-21/h1-2,9-15,18-19H,3-8H2,(H,27,28). The normalized spacial score (nSPS) is 21.7. The van der Waals surface area contributed by atoms with Crippen LogP contribution < -0.4 is 10.1 Å². The Morgan fingerprint density at radius 2 is 1.76 bits per heavy atom. The second-order valence-electron chi connectivity index (χ2n) is 8.03. The van der Waals surface area contributed by atoms with Crippen molar-refractivity contribution in [1.29, 1.82) is 0 Å². The molecule has 0 radical (unpaired) electrons. The average molecular weight is 388 g/mol. The van der Waals surface area contributed by atoms with Crippen molar-refractivity contribution >= 4 is 16.8 Å². The number of hydrogen-bond acceptors (Lipinski definition) is 5. The van der Waals surface area contributed by atoms with Gasteiger partial charge in [0, 0.05) is 35.9 Å². The second kappa shape index (κ2) is 7.78. The minimum absolute atomic E-state index is 0.0845. The Bertz CT molecular complexity index is 1010. The van der Waals surface area contributed by atoms with Crippen LogP contribution in [-0.2, 0) is 0 Å². The number of benzene rings is 1. The Balaban J connectivity index is 1.13. The van der Waals surface area contributed by atoms with Crippen LogP contribution in [-0.4, -0.2) is 33.0 Å². The number of ether oxygens (including phenoxy) is 1. The molecule has 0 saturated heterocycles. The molecule has 2 heterocycles. The summed E-state index contributed by atoms with van der Waals surface area (Å²) >= 11 is 0. The van der Waals surface area contributed by atoms with Crippen molar-refractivity contribution in [1.82, 2.24) is 20.3 Å². The summed E-state index contributed by atoms with van der Waals surface area (Å²) in [6, 6.07) is 10.2. The third-order valence-corrected chi connectivity index (χ3v) is 5.76. The largest absolute Gasteiger partial charge is 0.490 e. The van der Waals surface area contributed by atoms with Gasteiger partial charge in [-0.25, -0.2) is 9.97 Å². The summed E-state index contributed by atoms with van der Waals surface area (Å²) in [4.78, 5) is 25.5. The maximum Gasteiger partial charge on any atom is 0.254 e. The third-order valence-electron chi connectivity index (χ3n) is 5.76. The second-order valence-corrected chi connectivity index (χ2v) is 8.03. The summed E-state index contributed by atoms with van der Waals surface area (Å²) < 4.78 is 6.18. The molecule has 0 aliphatic heterocycles. The zero-order chi connectivity index (χ0) is 19.6. The molecule has 2 saturated carbocycles. The molecule has 6 heteroatoms. The lowest BCUT2D eigenvalue weighted by atomic mass is 9.92. The zero-order valence-electron chi connectivity index (χ0n) is 16.3. The van der Waals surface area contributed by atoms with E-state index in [2.05, 4.69) is 20.3 Å². The van der Waals surface area contributed by atoms with Crippen LogP contribution in [0.25, 0.3) is 10.9 Å². The fraction of sp³-hybridized carbons (Fsp3) is 0.391. The van der Waals surface area contributed by atoms with Gasteiger partial charge in [0.15, 0.2) is 0 Å². The van der Waals surface area contributed by atoms with E-state index in [-0.39, 0.29) is 18.1 Å². The lowest BCUT2D eigenvalue weighted by Gasteiger charge is -2.29. The van der Waals surface area contributed by atoms with Crippen LogP contribution in [0.3, 0.4) is 0 Å². The first kappa shape index (κ1) is 18.0. The number of fused-ring (bicyclic) bond motifs is 1. The number of hydrogen-bond donors (Lipinski definition) is 1. The van der Waals surface area contributed by atoms with Crippen molar-refractivity contribution in [3.05, 3.63) is 60.3 Å². The topological polar surface area (TPSA) is 77.0 Å².